The normalized spacial score (nSPS) is 15.0. The molecular weight excluding hydrogens is 328 g/mol. The Kier molecular flexibility index (Phi) is 3.93. The number of halogens is 1. The lowest BCUT2D eigenvalue weighted by Gasteiger charge is -2.37. The van der Waals surface area contributed by atoms with Gasteiger partial charge in [0.25, 0.3) is 0 Å². The summed E-state index contributed by atoms with van der Waals surface area (Å²) in [6, 6.07) is 7.92. The lowest BCUT2D eigenvalue weighted by Crippen LogP contribution is -2.48. The maximum atomic E-state index is 12.2. The summed E-state index contributed by atoms with van der Waals surface area (Å²) < 4.78 is 2.16. The van der Waals surface area contributed by atoms with E-state index in [2.05, 4.69) is 25.2 Å². The van der Waals surface area contributed by atoms with E-state index in [0.717, 1.165) is 28.9 Å². The Morgan fingerprint density at radius 2 is 2.21 bits per heavy atom. The van der Waals surface area contributed by atoms with Gasteiger partial charge in [-0.2, -0.15) is 5.21 Å². The van der Waals surface area contributed by atoms with Gasteiger partial charge in [-0.15, -0.1) is 10.2 Å². The molecule has 0 unspecified atom stereocenters. The van der Waals surface area contributed by atoms with Gasteiger partial charge in [-0.3, -0.25) is 4.79 Å². The van der Waals surface area contributed by atoms with E-state index in [9.17, 15) is 4.79 Å². The number of H-pyrrole nitrogens is 1. The van der Waals surface area contributed by atoms with E-state index < -0.39 is 0 Å². The predicted molar refractivity (Wildman–Crippen MR) is 89.7 cm³/mol. The van der Waals surface area contributed by atoms with Crippen LogP contribution in [0.25, 0.3) is 10.9 Å². The maximum absolute atomic E-state index is 12.2. The first kappa shape index (κ1) is 15.1. The first-order valence-corrected chi connectivity index (χ1v) is 8.34. The van der Waals surface area contributed by atoms with Crippen molar-refractivity contribution in [1.29, 1.82) is 0 Å². The number of carbonyl (C=O) groups is 1. The smallest absolute Gasteiger partial charge is 0.222 e. The summed E-state index contributed by atoms with van der Waals surface area (Å²) in [7, 11) is 0. The van der Waals surface area contributed by atoms with E-state index in [1.165, 1.54) is 0 Å². The number of carbonyl (C=O) groups excluding carboxylic acids is 1. The van der Waals surface area contributed by atoms with Crippen molar-refractivity contribution in [2.45, 2.75) is 25.3 Å². The van der Waals surface area contributed by atoms with Crippen molar-refractivity contribution in [3.05, 3.63) is 41.3 Å². The van der Waals surface area contributed by atoms with Crippen LogP contribution in [0.3, 0.4) is 0 Å². The summed E-state index contributed by atoms with van der Waals surface area (Å²) in [4.78, 5) is 14.1. The molecule has 0 saturated carbocycles. The molecule has 0 spiro atoms. The molecule has 1 aliphatic heterocycles. The summed E-state index contributed by atoms with van der Waals surface area (Å²) in [5.74, 6) is 1.09. The molecule has 1 amide bonds. The standard InChI is InChI=1S/C16H17ClN6O/c17-13-3-4-14-11(8-13)5-7-22(14)6-1-2-15(24)23-9-12(10-23)16-18-20-21-19-16/h3-5,7-8,12H,1-2,6,9-10H2,(H,18,19,20,21). The second-order valence-electron chi connectivity index (χ2n) is 6.08. The molecule has 1 aromatic carbocycles. The number of likely N-dealkylation sites (tertiary alicyclic amines) is 1. The maximum Gasteiger partial charge on any atom is 0.222 e. The van der Waals surface area contributed by atoms with Gasteiger partial charge in [0.1, 0.15) is 0 Å². The van der Waals surface area contributed by atoms with E-state index in [1.807, 2.05) is 35.4 Å². The molecule has 4 rings (SSSR count). The Hall–Kier alpha value is -2.41. The van der Waals surface area contributed by atoms with Crippen LogP contribution >= 0.6 is 11.6 Å². The SMILES string of the molecule is O=C(CCCn1ccc2cc(Cl)ccc21)N1CC(c2nn[nH]n2)C1. The van der Waals surface area contributed by atoms with Gasteiger partial charge < -0.3 is 9.47 Å². The van der Waals surface area contributed by atoms with Crippen molar-refractivity contribution < 1.29 is 4.79 Å². The summed E-state index contributed by atoms with van der Waals surface area (Å²) in [5.41, 5.74) is 1.15. The van der Waals surface area contributed by atoms with Gasteiger partial charge in [-0.25, -0.2) is 0 Å². The fourth-order valence-corrected chi connectivity index (χ4v) is 3.29. The summed E-state index contributed by atoms with van der Waals surface area (Å²) >= 11 is 6.01. The Balaban J connectivity index is 1.27. The topological polar surface area (TPSA) is 79.7 Å². The number of tetrazole rings is 1. The summed E-state index contributed by atoms with van der Waals surface area (Å²) in [5, 5.41) is 15.8. The fraction of sp³-hybridized carbons (Fsp3) is 0.375. The number of rotatable bonds is 5. The predicted octanol–water partition coefficient (Wildman–Crippen LogP) is 2.21. The Morgan fingerprint density at radius 3 is 3.00 bits per heavy atom. The highest BCUT2D eigenvalue weighted by Gasteiger charge is 2.33. The molecule has 0 radical (unpaired) electrons. The molecule has 1 aliphatic rings. The van der Waals surface area contributed by atoms with Crippen molar-refractivity contribution in [3.8, 4) is 0 Å². The lowest BCUT2D eigenvalue weighted by molar-refractivity contribution is -0.135. The molecule has 8 heteroatoms. The van der Waals surface area contributed by atoms with E-state index >= 15 is 0 Å². The molecular formula is C16H17ClN6O. The van der Waals surface area contributed by atoms with Crippen LogP contribution in [0.15, 0.2) is 30.5 Å². The highest BCUT2D eigenvalue weighted by atomic mass is 35.5. The zero-order valence-corrected chi connectivity index (χ0v) is 13.8. The molecule has 2 aromatic heterocycles. The van der Waals surface area contributed by atoms with Gasteiger partial charge in [-0.05, 0) is 30.7 Å². The Labute approximate surface area is 143 Å². The number of aryl methyl sites for hydroxylation is 1. The quantitative estimate of drug-likeness (QED) is 0.769. The third-order valence-electron chi connectivity index (χ3n) is 4.48. The average molecular weight is 345 g/mol. The van der Waals surface area contributed by atoms with Crippen LogP contribution in [0, 0.1) is 0 Å². The van der Waals surface area contributed by atoms with Gasteiger partial charge in [0.2, 0.25) is 5.91 Å². The van der Waals surface area contributed by atoms with Gasteiger partial charge in [0.15, 0.2) is 5.82 Å². The molecule has 1 saturated heterocycles. The molecule has 0 atom stereocenters. The zero-order valence-electron chi connectivity index (χ0n) is 13.0. The van der Waals surface area contributed by atoms with Crippen LogP contribution in [0.2, 0.25) is 5.02 Å². The second-order valence-corrected chi connectivity index (χ2v) is 6.52. The number of nitrogens with zero attached hydrogens (tertiary/aromatic N) is 5. The first-order valence-electron chi connectivity index (χ1n) is 7.96. The molecule has 1 fully saturated rings. The third kappa shape index (κ3) is 2.87. The number of nitrogens with one attached hydrogen (secondary N) is 1. The summed E-state index contributed by atoms with van der Waals surface area (Å²) in [6.45, 7) is 2.19. The molecule has 0 aliphatic carbocycles. The molecule has 1 N–H and O–H groups in total. The van der Waals surface area contributed by atoms with E-state index in [-0.39, 0.29) is 11.8 Å². The highest BCUT2D eigenvalue weighted by molar-refractivity contribution is 6.31. The molecule has 124 valence electrons. The number of aromatic amines is 1. The van der Waals surface area contributed by atoms with Gasteiger partial charge in [0.05, 0.1) is 5.92 Å². The molecule has 3 heterocycles. The number of aromatic nitrogens is 5. The average Bonchev–Trinajstić information content (AvgIpc) is 3.16. The van der Waals surface area contributed by atoms with Crippen molar-refractivity contribution >= 4 is 28.4 Å². The largest absolute Gasteiger partial charge is 0.347 e. The minimum absolute atomic E-state index is 0.189. The molecule has 7 nitrogen and oxygen atoms in total. The second kappa shape index (κ2) is 6.24. The molecule has 24 heavy (non-hydrogen) atoms. The van der Waals surface area contributed by atoms with Gasteiger partial charge in [-0.1, -0.05) is 16.8 Å². The van der Waals surface area contributed by atoms with E-state index in [4.69, 9.17) is 11.6 Å². The van der Waals surface area contributed by atoms with Crippen LogP contribution in [-0.2, 0) is 11.3 Å². The summed E-state index contributed by atoms with van der Waals surface area (Å²) in [6.07, 6.45) is 3.40. The van der Waals surface area contributed by atoms with Gasteiger partial charge >= 0.3 is 0 Å². The Bertz CT molecular complexity index is 853. The van der Waals surface area contributed by atoms with Crippen molar-refractivity contribution in [3.63, 3.8) is 0 Å². The van der Waals surface area contributed by atoms with E-state index in [1.54, 1.807) is 0 Å². The minimum Gasteiger partial charge on any atom is -0.347 e. The van der Waals surface area contributed by atoms with Crippen molar-refractivity contribution in [1.82, 2.24) is 30.1 Å². The van der Waals surface area contributed by atoms with Crippen molar-refractivity contribution in [2.24, 2.45) is 0 Å². The van der Waals surface area contributed by atoms with Crippen LogP contribution < -0.4 is 0 Å². The number of benzene rings is 1. The third-order valence-corrected chi connectivity index (χ3v) is 4.72. The van der Waals surface area contributed by atoms with Crippen molar-refractivity contribution in [2.75, 3.05) is 13.1 Å². The fourth-order valence-electron chi connectivity index (χ4n) is 3.11. The lowest BCUT2D eigenvalue weighted by atomic mass is 9.99. The molecule has 0 bridgehead atoms. The van der Waals surface area contributed by atoms with Crippen LogP contribution in [0.5, 0.6) is 0 Å². The monoisotopic (exact) mass is 344 g/mol. The highest BCUT2D eigenvalue weighted by Crippen LogP contribution is 2.25. The van der Waals surface area contributed by atoms with Crippen LogP contribution in [-0.4, -0.2) is 49.1 Å². The Morgan fingerprint density at radius 1 is 1.33 bits per heavy atom. The number of fused-ring (bicyclic) bond motifs is 1. The van der Waals surface area contributed by atoms with E-state index in [0.29, 0.717) is 25.3 Å². The van der Waals surface area contributed by atoms with Crippen LogP contribution in [0.1, 0.15) is 24.6 Å². The zero-order chi connectivity index (χ0) is 16.5. The molecule has 3 aromatic rings. The number of hydrogen-bond acceptors (Lipinski definition) is 4. The van der Waals surface area contributed by atoms with Gasteiger partial charge in [0, 0.05) is 48.2 Å². The van der Waals surface area contributed by atoms with Crippen LogP contribution in [0.4, 0.5) is 0 Å². The number of hydrogen-bond donors (Lipinski definition) is 1. The minimum atomic E-state index is 0.189. The first-order chi connectivity index (χ1) is 11.7. The number of amides is 1.